The van der Waals surface area contributed by atoms with Crippen molar-refractivity contribution in [3.8, 4) is 11.5 Å². The number of nitrogens with zero attached hydrogens (tertiary/aromatic N) is 4. The molecule has 0 radical (unpaired) electrons. The highest BCUT2D eigenvalue weighted by molar-refractivity contribution is 8.00. The predicted molar refractivity (Wildman–Crippen MR) is 177 cm³/mol. The summed E-state index contributed by atoms with van der Waals surface area (Å²) >= 11 is 1.47. The van der Waals surface area contributed by atoms with Gasteiger partial charge in [0, 0.05) is 74.2 Å². The number of methoxy groups -OCH3 is 2. The minimum absolute atomic E-state index is 0.585. The number of fused-ring (bicyclic) bond motifs is 1. The SMILES string of the molecule is C=CCN1CCN(CC=O)CC1.CNc1cccc(SNc2nc3ccccc3nc2Nc2cc(OC)cc(OC)c2)c1. The van der Waals surface area contributed by atoms with Gasteiger partial charge in [-0.2, -0.15) is 0 Å². The van der Waals surface area contributed by atoms with Crippen LogP contribution < -0.4 is 24.8 Å². The minimum Gasteiger partial charge on any atom is -0.497 e. The van der Waals surface area contributed by atoms with Crippen molar-refractivity contribution in [2.24, 2.45) is 0 Å². The van der Waals surface area contributed by atoms with Gasteiger partial charge in [0.1, 0.15) is 17.8 Å². The van der Waals surface area contributed by atoms with Gasteiger partial charge in [-0.15, -0.1) is 6.58 Å². The Morgan fingerprint density at radius 2 is 1.47 bits per heavy atom. The van der Waals surface area contributed by atoms with E-state index in [9.17, 15) is 4.79 Å². The van der Waals surface area contributed by atoms with Crippen molar-refractivity contribution in [2.75, 3.05) is 75.9 Å². The molecule has 0 aliphatic carbocycles. The largest absolute Gasteiger partial charge is 0.497 e. The molecule has 10 nitrogen and oxygen atoms in total. The van der Waals surface area contributed by atoms with Crippen molar-refractivity contribution in [1.29, 1.82) is 0 Å². The molecule has 0 spiro atoms. The molecule has 0 saturated carbocycles. The van der Waals surface area contributed by atoms with E-state index in [2.05, 4.69) is 37.8 Å². The molecule has 1 aromatic heterocycles. The zero-order valence-electron chi connectivity index (χ0n) is 24.9. The van der Waals surface area contributed by atoms with E-state index in [0.717, 1.165) is 66.3 Å². The lowest BCUT2D eigenvalue weighted by atomic mass is 10.2. The van der Waals surface area contributed by atoms with Crippen molar-refractivity contribution in [2.45, 2.75) is 4.90 Å². The van der Waals surface area contributed by atoms with E-state index in [1.165, 1.54) is 11.9 Å². The summed E-state index contributed by atoms with van der Waals surface area (Å²) in [6, 6.07) is 21.5. The fourth-order valence-corrected chi connectivity index (χ4v) is 5.13. The number of aromatic nitrogens is 2. The average Bonchev–Trinajstić information content (AvgIpc) is 3.05. The zero-order chi connectivity index (χ0) is 30.4. The summed E-state index contributed by atoms with van der Waals surface area (Å²) in [5.41, 5.74) is 3.43. The summed E-state index contributed by atoms with van der Waals surface area (Å²) in [7, 11) is 5.14. The summed E-state index contributed by atoms with van der Waals surface area (Å²) < 4.78 is 14.1. The molecule has 1 aliphatic rings. The van der Waals surface area contributed by atoms with Gasteiger partial charge < -0.3 is 29.6 Å². The number of nitrogens with one attached hydrogen (secondary N) is 3. The lowest BCUT2D eigenvalue weighted by molar-refractivity contribution is -0.109. The van der Waals surface area contributed by atoms with Crippen LogP contribution in [0.4, 0.5) is 23.0 Å². The van der Waals surface area contributed by atoms with Gasteiger partial charge in [-0.3, -0.25) is 9.80 Å². The number of ether oxygens (including phenoxy) is 2. The van der Waals surface area contributed by atoms with Crippen LogP contribution in [0.5, 0.6) is 11.5 Å². The molecule has 2 heterocycles. The van der Waals surface area contributed by atoms with Crippen molar-refractivity contribution in [3.63, 3.8) is 0 Å². The Labute approximate surface area is 257 Å². The van der Waals surface area contributed by atoms with Crippen LogP contribution in [0.3, 0.4) is 0 Å². The van der Waals surface area contributed by atoms with Gasteiger partial charge in [-0.05, 0) is 42.3 Å². The molecule has 0 amide bonds. The molecule has 5 rings (SSSR count). The second kappa shape index (κ2) is 16.4. The summed E-state index contributed by atoms with van der Waals surface area (Å²) in [4.78, 5) is 25.3. The maximum Gasteiger partial charge on any atom is 0.180 e. The summed E-state index contributed by atoms with van der Waals surface area (Å²) in [5.74, 6) is 2.60. The van der Waals surface area contributed by atoms with Crippen molar-refractivity contribution < 1.29 is 14.3 Å². The highest BCUT2D eigenvalue weighted by atomic mass is 32.2. The lowest BCUT2D eigenvalue weighted by Crippen LogP contribution is -2.46. The molecular weight excluding hydrogens is 562 g/mol. The van der Waals surface area contributed by atoms with Crippen LogP contribution in [0, 0.1) is 0 Å². The topological polar surface area (TPSA) is 104 Å². The van der Waals surface area contributed by atoms with E-state index in [1.54, 1.807) is 14.2 Å². The fraction of sp³-hybridized carbons (Fsp3) is 0.281. The van der Waals surface area contributed by atoms with Crippen molar-refractivity contribution >= 4 is 52.3 Å². The van der Waals surface area contributed by atoms with Crippen LogP contribution in [-0.2, 0) is 4.79 Å². The number of hydrogen-bond acceptors (Lipinski definition) is 11. The molecule has 0 atom stereocenters. The van der Waals surface area contributed by atoms with E-state index < -0.39 is 0 Å². The van der Waals surface area contributed by atoms with E-state index in [-0.39, 0.29) is 0 Å². The van der Waals surface area contributed by atoms with Gasteiger partial charge >= 0.3 is 0 Å². The Bertz CT molecular complexity index is 1460. The van der Waals surface area contributed by atoms with Gasteiger partial charge in [-0.25, -0.2) is 9.97 Å². The maximum absolute atomic E-state index is 10.2. The van der Waals surface area contributed by atoms with Gasteiger partial charge in [0.05, 0.1) is 31.8 Å². The molecule has 1 fully saturated rings. The number of para-hydroxylation sites is 2. The van der Waals surface area contributed by atoms with Crippen molar-refractivity contribution in [3.05, 3.63) is 79.4 Å². The number of benzene rings is 3. The quantitative estimate of drug-likeness (QED) is 0.108. The Morgan fingerprint density at radius 1 is 0.837 bits per heavy atom. The number of piperazine rings is 1. The first-order valence-corrected chi connectivity index (χ1v) is 14.8. The smallest absolute Gasteiger partial charge is 0.180 e. The summed E-state index contributed by atoms with van der Waals surface area (Å²) in [6.07, 6.45) is 2.90. The van der Waals surface area contributed by atoms with E-state index in [1.807, 2.05) is 73.8 Å². The Morgan fingerprint density at radius 3 is 2.05 bits per heavy atom. The zero-order valence-corrected chi connectivity index (χ0v) is 25.7. The molecule has 0 bridgehead atoms. The Balaban J connectivity index is 0.000000296. The average molecular weight is 602 g/mol. The molecule has 1 saturated heterocycles. The van der Waals surface area contributed by atoms with Gasteiger partial charge in [0.25, 0.3) is 0 Å². The van der Waals surface area contributed by atoms with E-state index in [4.69, 9.17) is 19.4 Å². The van der Waals surface area contributed by atoms with Crippen LogP contribution in [0.15, 0.2) is 84.3 Å². The molecule has 3 aromatic carbocycles. The van der Waals surface area contributed by atoms with E-state index >= 15 is 0 Å². The third-order valence-electron chi connectivity index (χ3n) is 6.76. The first kappa shape index (κ1) is 31.6. The number of aldehydes is 1. The highest BCUT2D eigenvalue weighted by Gasteiger charge is 2.14. The second-order valence-electron chi connectivity index (χ2n) is 9.67. The molecule has 4 aromatic rings. The van der Waals surface area contributed by atoms with Gasteiger partial charge in [0.15, 0.2) is 11.6 Å². The molecule has 1 aliphatic heterocycles. The van der Waals surface area contributed by atoms with Crippen LogP contribution in [-0.4, -0.2) is 86.6 Å². The number of carbonyl (C=O) groups is 1. The standard InChI is InChI=1S/C23H23N5O2S.C9H16N2O/c1-24-15-7-6-8-19(13-15)31-28-23-22(26-20-9-4-5-10-21(20)27-23)25-16-11-17(29-2)14-18(12-16)30-3;1-2-3-10-4-6-11(7-5-10)8-9-12/h4-14,24H,1-3H3,(H,25,26)(H,27,28);2,9H,1,3-8H2. The first-order chi connectivity index (χ1) is 21.0. The molecule has 226 valence electrons. The van der Waals surface area contributed by atoms with Crippen LogP contribution in [0.25, 0.3) is 11.0 Å². The molecule has 0 unspecified atom stereocenters. The summed E-state index contributed by atoms with van der Waals surface area (Å²) in [5, 5.41) is 6.50. The van der Waals surface area contributed by atoms with Crippen LogP contribution >= 0.6 is 11.9 Å². The number of carbonyl (C=O) groups excluding carboxylic acids is 1. The normalized spacial score (nSPS) is 13.4. The Hall–Kier alpha value is -4.32. The number of rotatable bonds is 12. The molecular formula is C32H39N7O3S. The molecule has 3 N–H and O–H groups in total. The predicted octanol–water partition coefficient (Wildman–Crippen LogP) is 5.54. The minimum atomic E-state index is 0.585. The third kappa shape index (κ3) is 9.34. The van der Waals surface area contributed by atoms with Gasteiger partial charge in [-0.1, -0.05) is 24.3 Å². The third-order valence-corrected chi connectivity index (χ3v) is 7.54. The maximum atomic E-state index is 10.2. The number of hydrogen-bond donors (Lipinski definition) is 3. The Kier molecular flexibility index (Phi) is 12.0. The molecule has 43 heavy (non-hydrogen) atoms. The first-order valence-electron chi connectivity index (χ1n) is 14.0. The summed E-state index contributed by atoms with van der Waals surface area (Å²) in [6.45, 7) is 9.38. The fourth-order valence-electron chi connectivity index (χ4n) is 4.44. The second-order valence-corrected chi connectivity index (χ2v) is 10.6. The molecule has 11 heteroatoms. The van der Waals surface area contributed by atoms with Crippen LogP contribution in [0.1, 0.15) is 0 Å². The van der Waals surface area contributed by atoms with Crippen LogP contribution in [0.2, 0.25) is 0 Å². The number of anilines is 4. The van der Waals surface area contributed by atoms with Crippen molar-refractivity contribution in [1.82, 2.24) is 19.8 Å². The van der Waals surface area contributed by atoms with E-state index in [0.29, 0.717) is 29.7 Å². The van der Waals surface area contributed by atoms with Gasteiger partial charge in [0.2, 0.25) is 0 Å². The highest BCUT2D eigenvalue weighted by Crippen LogP contribution is 2.32. The lowest BCUT2D eigenvalue weighted by Gasteiger charge is -2.32. The monoisotopic (exact) mass is 601 g/mol.